The molecular weight excluding hydrogens is 404 g/mol. The summed E-state index contributed by atoms with van der Waals surface area (Å²) in [6.07, 6.45) is 6.63. The summed E-state index contributed by atoms with van der Waals surface area (Å²) in [6, 6.07) is 7.22. The van der Waals surface area contributed by atoms with E-state index in [0.29, 0.717) is 22.5 Å². The molecule has 2 aromatic rings. The fourth-order valence-electron chi connectivity index (χ4n) is 3.88. The summed E-state index contributed by atoms with van der Waals surface area (Å²) in [4.78, 5) is 26.4. The first-order chi connectivity index (χ1) is 12.6. The molecule has 0 saturated carbocycles. The number of aromatic nitrogens is 2. The third-order valence-corrected chi connectivity index (χ3v) is 5.36. The number of carbonyl (C=O) groups is 2. The zero-order valence-electron chi connectivity index (χ0n) is 16.6. The second-order valence-electron chi connectivity index (χ2n) is 7.17. The molecule has 4 nitrogen and oxygen atoms in total. The van der Waals surface area contributed by atoms with Crippen molar-refractivity contribution >= 4 is 11.6 Å². The van der Waals surface area contributed by atoms with E-state index >= 15 is 0 Å². The largest absolute Gasteiger partial charge is 1.00 e. The molecule has 0 radical (unpaired) electrons. The number of halogens is 1. The van der Waals surface area contributed by atoms with E-state index in [1.165, 1.54) is 12.8 Å². The molecule has 5 heteroatoms. The molecule has 0 amide bonds. The van der Waals surface area contributed by atoms with Gasteiger partial charge in [-0.2, -0.15) is 0 Å². The normalized spacial score (nSPS) is 12.6. The van der Waals surface area contributed by atoms with Gasteiger partial charge in [-0.1, -0.05) is 57.4 Å². The molecule has 1 aliphatic rings. The van der Waals surface area contributed by atoms with Gasteiger partial charge in [0, 0.05) is 18.1 Å². The minimum absolute atomic E-state index is 0. The summed E-state index contributed by atoms with van der Waals surface area (Å²) in [5.74, 6) is 1.00. The summed E-state index contributed by atoms with van der Waals surface area (Å²) in [6.45, 7) is 7.97. The van der Waals surface area contributed by atoms with E-state index in [-0.39, 0.29) is 28.5 Å². The van der Waals surface area contributed by atoms with E-state index in [4.69, 9.17) is 0 Å². The number of hydrogen-bond donors (Lipinski definition) is 0. The second-order valence-corrected chi connectivity index (χ2v) is 7.17. The van der Waals surface area contributed by atoms with Gasteiger partial charge in [0.2, 0.25) is 23.0 Å². The fourth-order valence-corrected chi connectivity index (χ4v) is 3.88. The van der Waals surface area contributed by atoms with Crippen molar-refractivity contribution in [1.82, 2.24) is 4.57 Å². The molecule has 0 aliphatic heterocycles. The van der Waals surface area contributed by atoms with Gasteiger partial charge < -0.3 is 17.0 Å². The van der Waals surface area contributed by atoms with Crippen molar-refractivity contribution in [3.8, 4) is 0 Å². The highest BCUT2D eigenvalue weighted by Crippen LogP contribution is 2.27. The lowest BCUT2D eigenvalue weighted by Gasteiger charge is -2.12. The van der Waals surface area contributed by atoms with Crippen molar-refractivity contribution in [2.75, 3.05) is 0 Å². The van der Waals surface area contributed by atoms with Crippen LogP contribution in [0.1, 0.15) is 90.3 Å². The lowest BCUT2D eigenvalue weighted by molar-refractivity contribution is -0.704. The minimum Gasteiger partial charge on any atom is -1.00 e. The van der Waals surface area contributed by atoms with Gasteiger partial charge >= 0.3 is 0 Å². The monoisotopic (exact) mass is 432 g/mol. The van der Waals surface area contributed by atoms with Gasteiger partial charge in [0.05, 0.1) is 13.1 Å². The maximum atomic E-state index is 13.2. The Labute approximate surface area is 172 Å². The number of rotatable bonds is 8. The van der Waals surface area contributed by atoms with Crippen LogP contribution >= 0.6 is 0 Å². The predicted molar refractivity (Wildman–Crippen MR) is 102 cm³/mol. The first-order valence-electron chi connectivity index (χ1n) is 9.93. The molecule has 0 spiro atoms. The maximum Gasteiger partial charge on any atom is 0.254 e. The van der Waals surface area contributed by atoms with E-state index in [1.807, 2.05) is 19.1 Å². The zero-order chi connectivity index (χ0) is 18.7. The summed E-state index contributed by atoms with van der Waals surface area (Å²) in [5, 5.41) is 0. The molecule has 0 N–H and O–H groups in total. The molecule has 3 rings (SSSR count). The molecular formula is C22H29BrN2O2. The van der Waals surface area contributed by atoms with Gasteiger partial charge in [-0.05, 0) is 19.3 Å². The Hall–Kier alpha value is -1.75. The highest BCUT2D eigenvalue weighted by molar-refractivity contribution is 6.26. The van der Waals surface area contributed by atoms with Crippen LogP contribution in [-0.2, 0) is 13.1 Å². The highest BCUT2D eigenvalue weighted by atomic mass is 79.9. The van der Waals surface area contributed by atoms with Crippen molar-refractivity contribution in [1.29, 1.82) is 0 Å². The number of fused-ring (bicyclic) bond motifs is 2. The number of carbonyl (C=O) groups excluding carboxylic acids is 2. The molecule has 0 unspecified atom stereocenters. The van der Waals surface area contributed by atoms with Crippen molar-refractivity contribution in [2.24, 2.45) is 0 Å². The van der Waals surface area contributed by atoms with Crippen LogP contribution in [0.3, 0.4) is 0 Å². The zero-order valence-corrected chi connectivity index (χ0v) is 18.1. The van der Waals surface area contributed by atoms with Crippen LogP contribution in [0.5, 0.6) is 0 Å². The van der Waals surface area contributed by atoms with Crippen molar-refractivity contribution in [3.05, 3.63) is 52.6 Å². The van der Waals surface area contributed by atoms with Gasteiger partial charge in [0.25, 0.3) is 5.82 Å². The van der Waals surface area contributed by atoms with Crippen molar-refractivity contribution in [2.45, 2.75) is 72.4 Å². The van der Waals surface area contributed by atoms with Gasteiger partial charge in [-0.15, -0.1) is 0 Å². The lowest BCUT2D eigenvalue weighted by Crippen LogP contribution is -3.00. The Balaban J connectivity index is 0.00000261. The molecule has 1 aromatic heterocycles. The number of hydrogen-bond acceptors (Lipinski definition) is 2. The molecule has 0 fully saturated rings. The maximum absolute atomic E-state index is 13.2. The smallest absolute Gasteiger partial charge is 0.254 e. The second kappa shape index (κ2) is 9.45. The summed E-state index contributed by atoms with van der Waals surface area (Å²) < 4.78 is 4.17. The molecule has 1 aromatic carbocycles. The first kappa shape index (κ1) is 21.5. The average molecular weight is 433 g/mol. The molecule has 0 atom stereocenters. The Morgan fingerprint density at radius 2 is 1.52 bits per heavy atom. The van der Waals surface area contributed by atoms with E-state index in [2.05, 4.69) is 23.0 Å². The van der Waals surface area contributed by atoms with E-state index in [1.54, 1.807) is 12.1 Å². The number of imidazole rings is 1. The van der Waals surface area contributed by atoms with Gasteiger partial charge in [0.1, 0.15) is 0 Å². The molecule has 0 saturated heterocycles. The third-order valence-electron chi connectivity index (χ3n) is 5.36. The molecule has 27 heavy (non-hydrogen) atoms. The van der Waals surface area contributed by atoms with Gasteiger partial charge in [0.15, 0.2) is 0 Å². The SMILES string of the molecule is CCCCCC[n+]1c2c(n(CCCC)c1C)C(=O)c1ccccc1C2=O.[Br-]. The van der Waals surface area contributed by atoms with Crippen LogP contribution in [0.4, 0.5) is 0 Å². The molecule has 1 aliphatic carbocycles. The van der Waals surface area contributed by atoms with Crippen LogP contribution in [0.25, 0.3) is 0 Å². The average Bonchev–Trinajstić information content (AvgIpc) is 2.94. The standard InChI is InChI=1S/C22H29N2O2.BrH/c1-4-6-8-11-15-24-16(3)23(14-7-5-2)19-20(24)22(26)18-13-10-9-12-17(18)21(19)25;/h9-10,12-13H,4-8,11,14-15H2,1-3H3;1H/q+1;/p-1. The molecule has 146 valence electrons. The summed E-state index contributed by atoms with van der Waals surface area (Å²) in [5.41, 5.74) is 2.27. The number of nitrogens with zero attached hydrogens (tertiary/aromatic N) is 2. The van der Waals surface area contributed by atoms with E-state index in [9.17, 15) is 9.59 Å². The number of ketones is 2. The predicted octanol–water partition coefficient (Wildman–Crippen LogP) is 1.24. The lowest BCUT2D eigenvalue weighted by atomic mass is 9.90. The van der Waals surface area contributed by atoms with Crippen LogP contribution in [0, 0.1) is 6.92 Å². The molecule has 0 bridgehead atoms. The topological polar surface area (TPSA) is 43.0 Å². The van der Waals surface area contributed by atoms with Crippen molar-refractivity contribution < 1.29 is 31.1 Å². The third kappa shape index (κ3) is 3.93. The summed E-state index contributed by atoms with van der Waals surface area (Å²) >= 11 is 0. The molecule has 1 heterocycles. The van der Waals surface area contributed by atoms with E-state index in [0.717, 1.165) is 44.6 Å². The van der Waals surface area contributed by atoms with Crippen LogP contribution in [0.2, 0.25) is 0 Å². The summed E-state index contributed by atoms with van der Waals surface area (Å²) in [7, 11) is 0. The number of unbranched alkanes of at least 4 members (excludes halogenated alkanes) is 4. The van der Waals surface area contributed by atoms with Crippen molar-refractivity contribution in [3.63, 3.8) is 0 Å². The van der Waals surface area contributed by atoms with Crippen LogP contribution in [-0.4, -0.2) is 16.1 Å². The Morgan fingerprint density at radius 1 is 0.889 bits per heavy atom. The first-order valence-corrected chi connectivity index (χ1v) is 9.93. The van der Waals surface area contributed by atoms with E-state index < -0.39 is 0 Å². The Morgan fingerprint density at radius 3 is 2.15 bits per heavy atom. The highest BCUT2D eigenvalue weighted by Gasteiger charge is 2.42. The van der Waals surface area contributed by atoms with Gasteiger partial charge in [-0.3, -0.25) is 9.59 Å². The van der Waals surface area contributed by atoms with Crippen LogP contribution < -0.4 is 21.5 Å². The Kier molecular flexibility index (Phi) is 7.54. The minimum atomic E-state index is -0.0123. The Bertz CT molecular complexity index is 839. The van der Waals surface area contributed by atoms with Crippen LogP contribution in [0.15, 0.2) is 24.3 Å². The van der Waals surface area contributed by atoms with Gasteiger partial charge in [-0.25, -0.2) is 9.13 Å². The number of benzene rings is 1. The quantitative estimate of drug-likeness (QED) is 0.397. The fraction of sp³-hybridized carbons (Fsp3) is 0.500.